The van der Waals surface area contributed by atoms with E-state index in [4.69, 9.17) is 5.73 Å². The molecule has 0 aromatic heterocycles. The van der Waals surface area contributed by atoms with Crippen LogP contribution in [0, 0.1) is 0 Å². The lowest BCUT2D eigenvalue weighted by Gasteiger charge is -2.37. The number of nitrogens with one attached hydrogen (secondary N) is 1. The minimum absolute atomic E-state index is 0.0727. The third kappa shape index (κ3) is 2.97. The van der Waals surface area contributed by atoms with Gasteiger partial charge in [0.15, 0.2) is 0 Å². The molecule has 2 saturated heterocycles. The van der Waals surface area contributed by atoms with Crippen molar-refractivity contribution in [2.45, 2.75) is 18.9 Å². The van der Waals surface area contributed by atoms with Crippen LogP contribution in [0.3, 0.4) is 0 Å². The fourth-order valence-corrected chi connectivity index (χ4v) is 2.63. The number of carbonyl (C=O) groups is 2. The van der Waals surface area contributed by atoms with Gasteiger partial charge in [-0.05, 0) is 19.4 Å². The summed E-state index contributed by atoms with van der Waals surface area (Å²) in [5, 5.41) is 2.43. The van der Waals surface area contributed by atoms with E-state index in [0.717, 1.165) is 19.5 Å². The number of hydrogen-bond donors (Lipinski definition) is 2. The van der Waals surface area contributed by atoms with Gasteiger partial charge in [-0.25, -0.2) is 0 Å². The molecule has 0 spiro atoms. The molecule has 2 aliphatic heterocycles. The van der Waals surface area contributed by atoms with E-state index in [1.54, 1.807) is 4.90 Å². The van der Waals surface area contributed by atoms with E-state index in [0.29, 0.717) is 19.1 Å². The largest absolute Gasteiger partial charge is 0.392 e. The maximum absolute atomic E-state index is 11.9. The van der Waals surface area contributed by atoms with Crippen LogP contribution in [0.2, 0.25) is 0 Å². The predicted octanol–water partition coefficient (Wildman–Crippen LogP) is -1.30. The molecule has 3 N–H and O–H groups in total. The van der Waals surface area contributed by atoms with Gasteiger partial charge in [-0.1, -0.05) is 12.2 Å². The second-order valence-corrected chi connectivity index (χ2v) is 5.26. The minimum Gasteiger partial charge on any atom is -0.392 e. The Kier molecular flexibility index (Phi) is 4.13. The van der Waals surface area contributed by atoms with Crippen LogP contribution in [0.4, 0.5) is 0 Å². The third-order valence-corrected chi connectivity index (χ3v) is 3.64. The summed E-state index contributed by atoms with van der Waals surface area (Å²) in [7, 11) is 0. The first-order valence-electron chi connectivity index (χ1n) is 6.17. The van der Waals surface area contributed by atoms with Crippen LogP contribution in [-0.2, 0) is 9.59 Å². The van der Waals surface area contributed by atoms with Crippen molar-refractivity contribution < 1.29 is 9.59 Å². The number of nitrogens with zero attached hydrogens (tertiary/aromatic N) is 2. The van der Waals surface area contributed by atoms with Crippen molar-refractivity contribution in [3.63, 3.8) is 0 Å². The van der Waals surface area contributed by atoms with E-state index >= 15 is 0 Å². The predicted molar refractivity (Wildman–Crippen MR) is 71.0 cm³/mol. The summed E-state index contributed by atoms with van der Waals surface area (Å²) in [6.07, 6.45) is 2.29. The molecule has 100 valence electrons. The second kappa shape index (κ2) is 5.62. The van der Waals surface area contributed by atoms with Gasteiger partial charge in [-0.2, -0.15) is 0 Å². The fraction of sp³-hybridized carbons (Fsp3) is 0.727. The molecular formula is C11H18N4O2S. The average Bonchev–Trinajstić information content (AvgIpc) is 2.81. The number of nitrogens with two attached hydrogens (primary N) is 1. The molecule has 2 heterocycles. The second-order valence-electron chi connectivity index (χ2n) is 4.73. The standard InChI is InChI=1S/C11H18N4O2S/c12-9(18)6-13-10(16)11(17)15-5-4-14-3-1-2-8(14)7-15/h8H,1-7H2,(H2,12,18)(H,13,16). The summed E-state index contributed by atoms with van der Waals surface area (Å²) < 4.78 is 0. The van der Waals surface area contributed by atoms with Crippen LogP contribution in [-0.4, -0.2) is 65.4 Å². The van der Waals surface area contributed by atoms with Crippen LogP contribution in [0.15, 0.2) is 0 Å². The molecule has 0 radical (unpaired) electrons. The lowest BCUT2D eigenvalue weighted by molar-refractivity contribution is -0.147. The Hall–Kier alpha value is -1.21. The quantitative estimate of drug-likeness (QED) is 0.481. The molecule has 0 aromatic rings. The number of hydrogen-bond acceptors (Lipinski definition) is 4. The van der Waals surface area contributed by atoms with Crippen molar-refractivity contribution in [2.75, 3.05) is 32.7 Å². The summed E-state index contributed by atoms with van der Waals surface area (Å²) in [5.74, 6) is -1.09. The van der Waals surface area contributed by atoms with Gasteiger partial charge >= 0.3 is 11.8 Å². The molecule has 0 bridgehead atoms. The van der Waals surface area contributed by atoms with E-state index in [1.807, 2.05) is 0 Å². The van der Waals surface area contributed by atoms with Crippen molar-refractivity contribution in [2.24, 2.45) is 5.73 Å². The van der Waals surface area contributed by atoms with Gasteiger partial charge in [0.2, 0.25) is 0 Å². The van der Waals surface area contributed by atoms with Crippen LogP contribution >= 0.6 is 12.2 Å². The molecule has 1 unspecified atom stereocenters. The molecule has 1 atom stereocenters. The summed E-state index contributed by atoms with van der Waals surface area (Å²) in [4.78, 5) is 27.7. The van der Waals surface area contributed by atoms with Crippen LogP contribution in [0.25, 0.3) is 0 Å². The van der Waals surface area contributed by atoms with Gasteiger partial charge < -0.3 is 16.0 Å². The van der Waals surface area contributed by atoms with Gasteiger partial charge in [0.1, 0.15) is 0 Å². The first-order chi connectivity index (χ1) is 8.58. The highest BCUT2D eigenvalue weighted by atomic mass is 32.1. The topological polar surface area (TPSA) is 78.7 Å². The lowest BCUT2D eigenvalue weighted by Crippen LogP contribution is -2.55. The van der Waals surface area contributed by atoms with Crippen LogP contribution < -0.4 is 11.1 Å². The summed E-state index contributed by atoms with van der Waals surface area (Å²) in [5.41, 5.74) is 5.27. The molecular weight excluding hydrogens is 252 g/mol. The fourth-order valence-electron chi connectivity index (χ4n) is 2.56. The van der Waals surface area contributed by atoms with Gasteiger partial charge in [0, 0.05) is 25.7 Å². The number of rotatable bonds is 2. The van der Waals surface area contributed by atoms with Crippen LogP contribution in [0.5, 0.6) is 0 Å². The highest BCUT2D eigenvalue weighted by Gasteiger charge is 2.34. The zero-order chi connectivity index (χ0) is 13.1. The summed E-state index contributed by atoms with van der Waals surface area (Å²) >= 11 is 4.65. The number of carbonyl (C=O) groups excluding carboxylic acids is 2. The molecule has 2 aliphatic rings. The smallest absolute Gasteiger partial charge is 0.311 e. The molecule has 0 saturated carbocycles. The van der Waals surface area contributed by atoms with E-state index < -0.39 is 11.8 Å². The normalized spacial score (nSPS) is 23.6. The Labute approximate surface area is 111 Å². The van der Waals surface area contributed by atoms with E-state index in [9.17, 15) is 9.59 Å². The summed E-state index contributed by atoms with van der Waals surface area (Å²) in [6, 6.07) is 0.422. The highest BCUT2D eigenvalue weighted by molar-refractivity contribution is 7.80. The maximum Gasteiger partial charge on any atom is 0.311 e. The van der Waals surface area contributed by atoms with E-state index in [1.165, 1.54) is 6.42 Å². The van der Waals surface area contributed by atoms with Crippen molar-refractivity contribution >= 4 is 29.0 Å². The van der Waals surface area contributed by atoms with Gasteiger partial charge in [0.25, 0.3) is 0 Å². The Bertz CT molecular complexity index is 374. The number of piperazine rings is 1. The Balaban J connectivity index is 1.85. The van der Waals surface area contributed by atoms with E-state index in [2.05, 4.69) is 22.4 Å². The first kappa shape index (κ1) is 13.2. The minimum atomic E-state index is -0.616. The number of amides is 2. The van der Waals surface area contributed by atoms with E-state index in [-0.39, 0.29) is 11.5 Å². The molecule has 0 aromatic carbocycles. The number of thiocarbonyl (C=S) groups is 1. The Morgan fingerprint density at radius 2 is 2.11 bits per heavy atom. The first-order valence-corrected chi connectivity index (χ1v) is 6.58. The maximum atomic E-state index is 11.9. The van der Waals surface area contributed by atoms with Gasteiger partial charge in [-0.15, -0.1) is 0 Å². The molecule has 6 nitrogen and oxygen atoms in total. The van der Waals surface area contributed by atoms with Crippen LogP contribution in [0.1, 0.15) is 12.8 Å². The SMILES string of the molecule is NC(=S)CNC(=O)C(=O)N1CCN2CCCC2C1. The highest BCUT2D eigenvalue weighted by Crippen LogP contribution is 2.21. The van der Waals surface area contributed by atoms with Gasteiger partial charge in [0.05, 0.1) is 11.5 Å². The zero-order valence-corrected chi connectivity index (χ0v) is 11.0. The van der Waals surface area contributed by atoms with Crippen molar-refractivity contribution in [1.82, 2.24) is 15.1 Å². The molecule has 0 aliphatic carbocycles. The van der Waals surface area contributed by atoms with Gasteiger partial charge in [-0.3, -0.25) is 14.5 Å². The Morgan fingerprint density at radius 1 is 1.33 bits per heavy atom. The van der Waals surface area contributed by atoms with Crippen molar-refractivity contribution in [3.05, 3.63) is 0 Å². The van der Waals surface area contributed by atoms with Crippen molar-refractivity contribution in [1.29, 1.82) is 0 Å². The molecule has 2 amide bonds. The lowest BCUT2D eigenvalue weighted by atomic mass is 10.1. The monoisotopic (exact) mass is 270 g/mol. The third-order valence-electron chi connectivity index (χ3n) is 3.49. The number of fused-ring (bicyclic) bond motifs is 1. The molecule has 7 heteroatoms. The zero-order valence-electron chi connectivity index (χ0n) is 10.2. The summed E-state index contributed by atoms with van der Waals surface area (Å²) in [6.45, 7) is 3.32. The van der Waals surface area contributed by atoms with Crippen molar-refractivity contribution in [3.8, 4) is 0 Å². The molecule has 2 fully saturated rings. The average molecular weight is 270 g/mol. The Morgan fingerprint density at radius 3 is 2.83 bits per heavy atom. The molecule has 2 rings (SSSR count). The molecule has 18 heavy (non-hydrogen) atoms.